The van der Waals surface area contributed by atoms with Crippen LogP contribution < -0.4 is 9.80 Å². The number of nitrogens with one attached hydrogen (secondary N) is 1. The molecule has 3 aromatic carbocycles. The van der Waals surface area contributed by atoms with E-state index in [2.05, 4.69) is 81.3 Å². The van der Waals surface area contributed by atoms with Gasteiger partial charge in [0.05, 0.1) is 4.92 Å². The number of non-ortho nitro benzene ring substituents is 1. The van der Waals surface area contributed by atoms with Gasteiger partial charge in [-0.1, -0.05) is 36.4 Å². The number of aromatic nitrogens is 1. The molecule has 2 aliphatic heterocycles. The van der Waals surface area contributed by atoms with Crippen molar-refractivity contribution in [3.63, 3.8) is 0 Å². The van der Waals surface area contributed by atoms with Crippen LogP contribution in [-0.4, -0.2) is 54.6 Å². The summed E-state index contributed by atoms with van der Waals surface area (Å²) >= 11 is 0. The van der Waals surface area contributed by atoms with E-state index in [1.165, 1.54) is 22.9 Å². The molecule has 0 bridgehead atoms. The molecule has 0 amide bonds. The van der Waals surface area contributed by atoms with E-state index in [4.69, 9.17) is 0 Å². The summed E-state index contributed by atoms with van der Waals surface area (Å²) in [5.74, 6) is 0.963. The van der Waals surface area contributed by atoms with Crippen molar-refractivity contribution in [3.05, 3.63) is 88.5 Å². The molecule has 35 heavy (non-hydrogen) atoms. The van der Waals surface area contributed by atoms with E-state index in [9.17, 15) is 10.1 Å². The zero-order chi connectivity index (χ0) is 23.9. The molecule has 176 valence electrons. The predicted molar refractivity (Wildman–Crippen MR) is 143 cm³/mol. The number of nitro groups is 1. The van der Waals surface area contributed by atoms with Gasteiger partial charge in [-0.2, -0.15) is 0 Å². The first-order valence-corrected chi connectivity index (χ1v) is 11.9. The van der Waals surface area contributed by atoms with Crippen LogP contribution in [0.5, 0.6) is 0 Å². The minimum atomic E-state index is -0.351. The van der Waals surface area contributed by atoms with Crippen LogP contribution in [0.25, 0.3) is 28.1 Å². The van der Waals surface area contributed by atoms with Crippen molar-refractivity contribution in [2.24, 2.45) is 0 Å². The number of benzene rings is 3. The van der Waals surface area contributed by atoms with Crippen LogP contribution in [-0.2, 0) is 0 Å². The summed E-state index contributed by atoms with van der Waals surface area (Å²) in [5.41, 5.74) is 6.69. The third-order valence-corrected chi connectivity index (χ3v) is 7.08. The van der Waals surface area contributed by atoms with Crippen LogP contribution >= 0.6 is 0 Å². The van der Waals surface area contributed by atoms with Crippen molar-refractivity contribution in [3.8, 4) is 11.1 Å². The van der Waals surface area contributed by atoms with Crippen LogP contribution in [0, 0.1) is 10.1 Å². The monoisotopic (exact) mass is 465 g/mol. The summed E-state index contributed by atoms with van der Waals surface area (Å²) in [6, 6.07) is 22.2. The SMILES string of the molecule is CN1CCN(c2ccc(-c3ccc4[nH]c5c(c4c3)C=CCN5c3cccc([N+](=O)[O-])c3)cc2)CC1. The van der Waals surface area contributed by atoms with Crippen LogP contribution in [0.1, 0.15) is 5.56 Å². The van der Waals surface area contributed by atoms with Gasteiger partial charge in [-0.15, -0.1) is 0 Å². The number of likely N-dealkylation sites (N-methyl/N-ethyl adjacent to an activating group) is 1. The quantitative estimate of drug-likeness (QED) is 0.311. The lowest BCUT2D eigenvalue weighted by Gasteiger charge is -2.34. The summed E-state index contributed by atoms with van der Waals surface area (Å²) in [7, 11) is 2.18. The Morgan fingerprint density at radius 3 is 2.43 bits per heavy atom. The fourth-order valence-electron chi connectivity index (χ4n) is 5.07. The van der Waals surface area contributed by atoms with Crippen LogP contribution in [0.4, 0.5) is 22.9 Å². The fraction of sp³-hybridized carbons (Fsp3) is 0.214. The fourth-order valence-corrected chi connectivity index (χ4v) is 5.07. The topological polar surface area (TPSA) is 68.6 Å². The van der Waals surface area contributed by atoms with Gasteiger partial charge < -0.3 is 19.7 Å². The summed E-state index contributed by atoms with van der Waals surface area (Å²) in [5, 5.41) is 12.4. The van der Waals surface area contributed by atoms with Crippen molar-refractivity contribution in [1.29, 1.82) is 0 Å². The number of hydrogen-bond donors (Lipinski definition) is 1. The highest BCUT2D eigenvalue weighted by Gasteiger charge is 2.21. The molecule has 6 rings (SSSR count). The molecule has 0 radical (unpaired) electrons. The minimum absolute atomic E-state index is 0.0945. The molecule has 2 aliphatic rings. The van der Waals surface area contributed by atoms with Crippen LogP contribution in [0.2, 0.25) is 0 Å². The van der Waals surface area contributed by atoms with Crippen molar-refractivity contribution >= 4 is 39.9 Å². The van der Waals surface area contributed by atoms with Crippen LogP contribution in [0.15, 0.2) is 72.8 Å². The highest BCUT2D eigenvalue weighted by Crippen LogP contribution is 2.39. The van der Waals surface area contributed by atoms with Gasteiger partial charge in [0, 0.05) is 72.7 Å². The first-order chi connectivity index (χ1) is 17.1. The lowest BCUT2D eigenvalue weighted by atomic mass is 10.0. The first-order valence-electron chi connectivity index (χ1n) is 11.9. The van der Waals surface area contributed by atoms with Gasteiger partial charge in [-0.25, -0.2) is 0 Å². The average molecular weight is 466 g/mol. The number of fused-ring (bicyclic) bond motifs is 3. The molecular weight excluding hydrogens is 438 g/mol. The number of anilines is 3. The van der Waals surface area contributed by atoms with E-state index in [-0.39, 0.29) is 10.6 Å². The molecule has 7 heteroatoms. The number of nitro benzene ring substituents is 1. The van der Waals surface area contributed by atoms with Gasteiger partial charge in [-0.05, 0) is 48.5 Å². The Morgan fingerprint density at radius 1 is 0.886 bits per heavy atom. The number of nitrogens with zero attached hydrogens (tertiary/aromatic N) is 4. The van der Waals surface area contributed by atoms with Crippen molar-refractivity contribution in [2.75, 3.05) is 49.6 Å². The van der Waals surface area contributed by atoms with Gasteiger partial charge >= 0.3 is 0 Å². The molecule has 0 unspecified atom stereocenters. The molecule has 0 spiro atoms. The second kappa shape index (κ2) is 8.60. The molecule has 0 aliphatic carbocycles. The largest absolute Gasteiger partial charge is 0.369 e. The summed E-state index contributed by atoms with van der Waals surface area (Å²) in [4.78, 5) is 21.4. The summed E-state index contributed by atoms with van der Waals surface area (Å²) in [6.07, 6.45) is 4.24. The lowest BCUT2D eigenvalue weighted by Crippen LogP contribution is -2.44. The molecule has 0 saturated carbocycles. The molecule has 1 aromatic heterocycles. The predicted octanol–water partition coefficient (Wildman–Crippen LogP) is 5.66. The van der Waals surface area contributed by atoms with Crippen LogP contribution in [0.3, 0.4) is 0 Å². The van der Waals surface area contributed by atoms with Gasteiger partial charge in [0.25, 0.3) is 5.69 Å². The van der Waals surface area contributed by atoms with E-state index >= 15 is 0 Å². The van der Waals surface area contributed by atoms with Crippen molar-refractivity contribution in [2.45, 2.75) is 0 Å². The smallest absolute Gasteiger partial charge is 0.271 e. The zero-order valence-electron chi connectivity index (χ0n) is 19.6. The van der Waals surface area contributed by atoms with Crippen molar-refractivity contribution < 1.29 is 4.92 Å². The second-order valence-corrected chi connectivity index (χ2v) is 9.27. The maximum absolute atomic E-state index is 11.3. The third-order valence-electron chi connectivity index (χ3n) is 7.08. The standard InChI is InChI=1S/C28H27N5O2/c1-30-14-16-31(17-15-30)22-10-7-20(8-11-22)21-9-12-27-26(18-21)25-6-3-13-32(28(25)29-27)23-4-2-5-24(19-23)33(34)35/h2-12,18-19,29H,13-17H2,1H3. The number of aromatic amines is 1. The third kappa shape index (κ3) is 3.94. The van der Waals surface area contributed by atoms with E-state index in [1.54, 1.807) is 12.1 Å². The highest BCUT2D eigenvalue weighted by molar-refractivity contribution is 5.99. The molecule has 1 fully saturated rings. The Balaban J connectivity index is 1.32. The molecule has 1 N–H and O–H groups in total. The van der Waals surface area contributed by atoms with E-state index in [0.29, 0.717) is 6.54 Å². The van der Waals surface area contributed by atoms with E-state index < -0.39 is 0 Å². The molecule has 1 saturated heterocycles. The summed E-state index contributed by atoms with van der Waals surface area (Å²) < 4.78 is 0. The maximum Gasteiger partial charge on any atom is 0.271 e. The van der Waals surface area contributed by atoms with Gasteiger partial charge in [-0.3, -0.25) is 10.1 Å². The van der Waals surface area contributed by atoms with E-state index in [0.717, 1.165) is 54.2 Å². The second-order valence-electron chi connectivity index (χ2n) is 9.27. The van der Waals surface area contributed by atoms with Crippen molar-refractivity contribution in [1.82, 2.24) is 9.88 Å². The molecule has 3 heterocycles. The molecular formula is C28H27N5O2. The Kier molecular flexibility index (Phi) is 5.26. The minimum Gasteiger partial charge on any atom is -0.369 e. The first kappa shape index (κ1) is 21.4. The Hall–Kier alpha value is -4.10. The molecule has 7 nitrogen and oxygen atoms in total. The van der Waals surface area contributed by atoms with Gasteiger partial charge in [0.15, 0.2) is 0 Å². The van der Waals surface area contributed by atoms with Gasteiger partial charge in [0.2, 0.25) is 0 Å². The Bertz CT molecular complexity index is 1430. The normalized spacial score (nSPS) is 16.0. The summed E-state index contributed by atoms with van der Waals surface area (Å²) in [6.45, 7) is 4.97. The highest BCUT2D eigenvalue weighted by atomic mass is 16.6. The molecule has 4 aromatic rings. The molecule has 0 atom stereocenters. The number of H-pyrrole nitrogens is 1. The number of piperazine rings is 1. The van der Waals surface area contributed by atoms with E-state index in [1.807, 2.05) is 6.07 Å². The number of hydrogen-bond acceptors (Lipinski definition) is 5. The average Bonchev–Trinajstić information content (AvgIpc) is 3.27. The zero-order valence-corrected chi connectivity index (χ0v) is 19.6. The van der Waals surface area contributed by atoms with Gasteiger partial charge in [0.1, 0.15) is 5.82 Å². The Labute approximate surface area is 204 Å². The number of rotatable bonds is 4. The maximum atomic E-state index is 11.3. The lowest BCUT2D eigenvalue weighted by molar-refractivity contribution is -0.384. The Morgan fingerprint density at radius 2 is 1.66 bits per heavy atom.